The van der Waals surface area contributed by atoms with Crippen molar-refractivity contribution in [2.75, 3.05) is 5.32 Å². The highest BCUT2D eigenvalue weighted by atomic mass is 16.5. The van der Waals surface area contributed by atoms with Crippen LogP contribution in [0.15, 0.2) is 30.3 Å². The highest BCUT2D eigenvalue weighted by Crippen LogP contribution is 2.22. The van der Waals surface area contributed by atoms with Crippen molar-refractivity contribution in [1.29, 1.82) is 0 Å². The molecule has 6 nitrogen and oxygen atoms in total. The van der Waals surface area contributed by atoms with E-state index < -0.39 is 12.1 Å². The summed E-state index contributed by atoms with van der Waals surface area (Å²) in [6, 6.07) is 9.45. The first-order chi connectivity index (χ1) is 11.8. The first-order valence-corrected chi connectivity index (χ1v) is 8.41. The number of aromatic nitrogens is 2. The molecule has 1 aromatic carbocycles. The molecule has 1 aromatic heterocycles. The van der Waals surface area contributed by atoms with Crippen LogP contribution < -0.4 is 5.32 Å². The molecule has 0 spiro atoms. The molecule has 6 heteroatoms. The number of carbonyl (C=O) groups is 2. The second-order valence-corrected chi connectivity index (χ2v) is 6.11. The number of esters is 1. The van der Waals surface area contributed by atoms with E-state index in [2.05, 4.69) is 10.4 Å². The summed E-state index contributed by atoms with van der Waals surface area (Å²) in [7, 11) is 1.81. The van der Waals surface area contributed by atoms with Gasteiger partial charge in [0.25, 0.3) is 5.91 Å². The zero-order valence-electron chi connectivity index (χ0n) is 15.4. The average Bonchev–Trinajstić information content (AvgIpc) is 2.82. The molecule has 1 amide bonds. The van der Waals surface area contributed by atoms with Gasteiger partial charge in [-0.2, -0.15) is 5.10 Å². The largest absolute Gasteiger partial charge is 0.452 e. The molecule has 2 atom stereocenters. The Morgan fingerprint density at radius 1 is 1.24 bits per heavy atom. The van der Waals surface area contributed by atoms with Crippen LogP contribution in [-0.2, 0) is 21.4 Å². The molecule has 0 bridgehead atoms. The van der Waals surface area contributed by atoms with Crippen LogP contribution in [0.4, 0.5) is 5.69 Å². The Balaban J connectivity index is 2.03. The fourth-order valence-electron chi connectivity index (χ4n) is 2.71. The summed E-state index contributed by atoms with van der Waals surface area (Å²) >= 11 is 0. The van der Waals surface area contributed by atoms with Crippen molar-refractivity contribution in [1.82, 2.24) is 9.78 Å². The standard InChI is InChI=1S/C19H25N3O3/c1-6-16(15-10-8-7-9-11-15)19(24)25-14(4)18(23)20-17-12(2)21-22(5)13(17)3/h7-11,14,16H,6H2,1-5H3,(H,20,23)/t14-,16-/m1/s1. The zero-order chi connectivity index (χ0) is 18.6. The molecule has 0 fully saturated rings. The second-order valence-electron chi connectivity index (χ2n) is 6.11. The Bertz CT molecular complexity index is 753. The summed E-state index contributed by atoms with van der Waals surface area (Å²) < 4.78 is 7.10. The molecule has 0 saturated heterocycles. The van der Waals surface area contributed by atoms with E-state index in [1.54, 1.807) is 11.6 Å². The van der Waals surface area contributed by atoms with Crippen LogP contribution >= 0.6 is 0 Å². The van der Waals surface area contributed by atoms with E-state index in [1.807, 2.05) is 58.2 Å². The van der Waals surface area contributed by atoms with Crippen LogP contribution in [-0.4, -0.2) is 27.8 Å². The van der Waals surface area contributed by atoms with Crippen molar-refractivity contribution < 1.29 is 14.3 Å². The van der Waals surface area contributed by atoms with Crippen molar-refractivity contribution in [2.45, 2.75) is 46.1 Å². The summed E-state index contributed by atoms with van der Waals surface area (Å²) in [4.78, 5) is 24.8. The van der Waals surface area contributed by atoms with Gasteiger partial charge in [-0.05, 0) is 32.8 Å². The normalized spacial score (nSPS) is 13.2. The fraction of sp³-hybridized carbons (Fsp3) is 0.421. The lowest BCUT2D eigenvalue weighted by Gasteiger charge is -2.18. The smallest absolute Gasteiger partial charge is 0.314 e. The van der Waals surface area contributed by atoms with Crippen LogP contribution in [0.1, 0.15) is 43.1 Å². The molecular weight excluding hydrogens is 318 g/mol. The summed E-state index contributed by atoms with van der Waals surface area (Å²) in [6.07, 6.45) is -0.276. The molecule has 1 heterocycles. The third-order valence-electron chi connectivity index (χ3n) is 4.31. The quantitative estimate of drug-likeness (QED) is 0.818. The number of hydrogen-bond acceptors (Lipinski definition) is 4. The van der Waals surface area contributed by atoms with Gasteiger partial charge in [-0.3, -0.25) is 14.3 Å². The molecule has 0 aliphatic carbocycles. The van der Waals surface area contributed by atoms with Crippen molar-refractivity contribution in [3.05, 3.63) is 47.3 Å². The maximum Gasteiger partial charge on any atom is 0.314 e. The Morgan fingerprint density at radius 3 is 2.40 bits per heavy atom. The first kappa shape index (κ1) is 18.7. The Hall–Kier alpha value is -2.63. The van der Waals surface area contributed by atoms with Crippen molar-refractivity contribution >= 4 is 17.6 Å². The predicted octanol–water partition coefficient (Wildman–Crippen LogP) is 3.10. The lowest BCUT2D eigenvalue weighted by atomic mass is 9.97. The van der Waals surface area contributed by atoms with Gasteiger partial charge in [0, 0.05) is 7.05 Å². The van der Waals surface area contributed by atoms with E-state index in [-0.39, 0.29) is 11.8 Å². The number of hydrogen-bond donors (Lipinski definition) is 1. The summed E-state index contributed by atoms with van der Waals surface area (Å²) in [5.74, 6) is -1.13. The zero-order valence-corrected chi connectivity index (χ0v) is 15.4. The number of aryl methyl sites for hydroxylation is 2. The lowest BCUT2D eigenvalue weighted by Crippen LogP contribution is -2.32. The Morgan fingerprint density at radius 2 is 1.88 bits per heavy atom. The van der Waals surface area contributed by atoms with E-state index in [1.165, 1.54) is 0 Å². The van der Waals surface area contributed by atoms with Crippen molar-refractivity contribution in [3.8, 4) is 0 Å². The van der Waals surface area contributed by atoms with E-state index >= 15 is 0 Å². The number of nitrogens with zero attached hydrogens (tertiary/aromatic N) is 2. The minimum Gasteiger partial charge on any atom is -0.452 e. The third-order valence-corrected chi connectivity index (χ3v) is 4.31. The molecule has 25 heavy (non-hydrogen) atoms. The molecule has 0 saturated carbocycles. The van der Waals surface area contributed by atoms with E-state index in [9.17, 15) is 9.59 Å². The Labute approximate surface area is 148 Å². The van der Waals surface area contributed by atoms with Crippen LogP contribution in [0.5, 0.6) is 0 Å². The molecule has 0 aliphatic rings. The van der Waals surface area contributed by atoms with Gasteiger partial charge < -0.3 is 10.1 Å². The van der Waals surface area contributed by atoms with Crippen molar-refractivity contribution in [2.24, 2.45) is 7.05 Å². The monoisotopic (exact) mass is 343 g/mol. The van der Waals surface area contributed by atoms with Gasteiger partial charge in [0.2, 0.25) is 0 Å². The summed E-state index contributed by atoms with van der Waals surface area (Å²) in [5, 5.41) is 7.06. The lowest BCUT2D eigenvalue weighted by molar-refractivity contribution is -0.154. The molecule has 2 rings (SSSR count). The first-order valence-electron chi connectivity index (χ1n) is 8.41. The average molecular weight is 343 g/mol. The highest BCUT2D eigenvalue weighted by Gasteiger charge is 2.26. The van der Waals surface area contributed by atoms with Gasteiger partial charge in [0.05, 0.1) is 23.0 Å². The van der Waals surface area contributed by atoms with Crippen LogP contribution in [0.2, 0.25) is 0 Å². The minimum atomic E-state index is -0.885. The SMILES string of the molecule is CC[C@@H](C(=O)O[C@H](C)C(=O)Nc1c(C)nn(C)c1C)c1ccccc1. The number of rotatable bonds is 6. The molecule has 0 radical (unpaired) electrons. The van der Waals surface area contributed by atoms with Gasteiger partial charge in [0.15, 0.2) is 6.10 Å². The fourth-order valence-corrected chi connectivity index (χ4v) is 2.71. The van der Waals surface area contributed by atoms with Crippen LogP contribution in [0.25, 0.3) is 0 Å². The van der Waals surface area contributed by atoms with E-state index in [0.29, 0.717) is 12.1 Å². The molecule has 2 aromatic rings. The van der Waals surface area contributed by atoms with Gasteiger partial charge in [-0.1, -0.05) is 37.3 Å². The molecule has 134 valence electrons. The van der Waals surface area contributed by atoms with Gasteiger partial charge >= 0.3 is 5.97 Å². The number of carbonyl (C=O) groups excluding carboxylic acids is 2. The molecule has 0 aliphatic heterocycles. The number of ether oxygens (including phenoxy) is 1. The van der Waals surface area contributed by atoms with E-state index in [0.717, 1.165) is 17.0 Å². The van der Waals surface area contributed by atoms with Gasteiger partial charge in [0.1, 0.15) is 0 Å². The molecule has 0 unspecified atom stereocenters. The topological polar surface area (TPSA) is 73.2 Å². The predicted molar refractivity (Wildman–Crippen MR) is 96.3 cm³/mol. The second kappa shape index (κ2) is 7.96. The number of amides is 1. The van der Waals surface area contributed by atoms with Crippen molar-refractivity contribution in [3.63, 3.8) is 0 Å². The maximum atomic E-state index is 12.5. The molecular formula is C19H25N3O3. The minimum absolute atomic E-state index is 0.365. The van der Waals surface area contributed by atoms with Gasteiger partial charge in [-0.15, -0.1) is 0 Å². The van der Waals surface area contributed by atoms with Crippen LogP contribution in [0, 0.1) is 13.8 Å². The van der Waals surface area contributed by atoms with Crippen LogP contribution in [0.3, 0.4) is 0 Å². The number of nitrogens with one attached hydrogen (secondary N) is 1. The Kier molecular flexibility index (Phi) is 5.96. The highest BCUT2D eigenvalue weighted by molar-refractivity contribution is 5.96. The third kappa shape index (κ3) is 4.26. The van der Waals surface area contributed by atoms with Gasteiger partial charge in [-0.25, -0.2) is 0 Å². The summed E-state index contributed by atoms with van der Waals surface area (Å²) in [6.45, 7) is 7.19. The number of benzene rings is 1. The maximum absolute atomic E-state index is 12.5. The summed E-state index contributed by atoms with van der Waals surface area (Å²) in [5.41, 5.74) is 3.12. The number of anilines is 1. The molecule has 1 N–H and O–H groups in total. The van der Waals surface area contributed by atoms with E-state index in [4.69, 9.17) is 4.74 Å².